The van der Waals surface area contributed by atoms with Gasteiger partial charge in [0, 0.05) is 43.2 Å². The number of methoxy groups -OCH3 is 4. The van der Waals surface area contributed by atoms with Gasteiger partial charge in [0.15, 0.2) is 11.5 Å². The molecule has 3 aromatic rings. The molecule has 1 amide bonds. The number of carbonyl (C=O) groups excluding carboxylic acids is 1. The third-order valence-electron chi connectivity index (χ3n) is 6.23. The van der Waals surface area contributed by atoms with Crippen LogP contribution in [0, 0.1) is 0 Å². The summed E-state index contributed by atoms with van der Waals surface area (Å²) in [5.41, 5.74) is 2.69. The van der Waals surface area contributed by atoms with Crippen molar-refractivity contribution in [3.05, 3.63) is 63.6 Å². The maximum atomic E-state index is 12.8. The van der Waals surface area contributed by atoms with E-state index < -0.39 is 0 Å². The van der Waals surface area contributed by atoms with Crippen LogP contribution in [0.3, 0.4) is 0 Å². The second-order valence-electron chi connectivity index (χ2n) is 8.43. The summed E-state index contributed by atoms with van der Waals surface area (Å²) < 4.78 is 21.9. The van der Waals surface area contributed by atoms with E-state index in [1.54, 1.807) is 33.3 Å². The van der Waals surface area contributed by atoms with Crippen LogP contribution < -0.4 is 18.9 Å². The van der Waals surface area contributed by atoms with Gasteiger partial charge in [-0.15, -0.1) is 11.3 Å². The van der Waals surface area contributed by atoms with Crippen LogP contribution in [0.5, 0.6) is 23.0 Å². The summed E-state index contributed by atoms with van der Waals surface area (Å²) in [5, 5.41) is 2.76. The molecule has 0 atom stereocenters. The predicted molar refractivity (Wildman–Crippen MR) is 146 cm³/mol. The van der Waals surface area contributed by atoms with Gasteiger partial charge in [-0.2, -0.15) is 0 Å². The molecule has 9 heteroatoms. The van der Waals surface area contributed by atoms with Gasteiger partial charge >= 0.3 is 0 Å². The number of ether oxygens (including phenoxy) is 4. The number of carbonyl (C=O) groups is 1. The molecular formula is C28H37N3O5S. The summed E-state index contributed by atoms with van der Waals surface area (Å²) in [5.74, 6) is 2.91. The lowest BCUT2D eigenvalue weighted by Crippen LogP contribution is -2.30. The third kappa shape index (κ3) is 7.36. The van der Waals surface area contributed by atoms with Crippen LogP contribution >= 0.6 is 11.3 Å². The average molecular weight is 528 g/mol. The van der Waals surface area contributed by atoms with E-state index in [2.05, 4.69) is 16.0 Å². The summed E-state index contributed by atoms with van der Waals surface area (Å²) in [6, 6.07) is 11.9. The molecule has 1 heterocycles. The van der Waals surface area contributed by atoms with Crippen molar-refractivity contribution in [3.8, 4) is 23.0 Å². The van der Waals surface area contributed by atoms with Gasteiger partial charge in [0.25, 0.3) is 5.91 Å². The highest BCUT2D eigenvalue weighted by atomic mass is 32.1. The van der Waals surface area contributed by atoms with Crippen LogP contribution in [0.15, 0.2) is 41.8 Å². The number of amides is 1. The molecule has 0 radical (unpaired) electrons. The first kappa shape index (κ1) is 28.3. The van der Waals surface area contributed by atoms with Crippen LogP contribution in [0.4, 0.5) is 0 Å². The molecule has 1 aromatic heterocycles. The normalized spacial score (nSPS) is 10.9. The molecule has 8 nitrogen and oxygen atoms in total. The Morgan fingerprint density at radius 1 is 0.865 bits per heavy atom. The molecule has 0 saturated heterocycles. The smallest absolute Gasteiger partial charge is 0.273 e. The first-order chi connectivity index (χ1) is 18.0. The molecule has 2 aromatic carbocycles. The Morgan fingerprint density at radius 2 is 1.59 bits per heavy atom. The summed E-state index contributed by atoms with van der Waals surface area (Å²) in [7, 11) is 6.58. The Kier molecular flexibility index (Phi) is 10.6. The first-order valence-corrected chi connectivity index (χ1v) is 13.2. The van der Waals surface area contributed by atoms with Gasteiger partial charge < -0.3 is 23.8 Å². The largest absolute Gasteiger partial charge is 0.497 e. The number of benzene rings is 2. The Labute approximate surface area is 223 Å². The summed E-state index contributed by atoms with van der Waals surface area (Å²) in [4.78, 5) is 21.6. The average Bonchev–Trinajstić information content (AvgIpc) is 3.40. The van der Waals surface area contributed by atoms with Crippen molar-refractivity contribution in [2.24, 2.45) is 0 Å². The predicted octanol–water partition coefficient (Wildman–Crippen LogP) is 4.90. The first-order valence-electron chi connectivity index (χ1n) is 12.3. The highest BCUT2D eigenvalue weighted by molar-refractivity contribution is 7.09. The van der Waals surface area contributed by atoms with Crippen LogP contribution in [0.1, 0.15) is 40.5 Å². The minimum atomic E-state index is -0.0267. The quantitative estimate of drug-likeness (QED) is 0.295. The molecule has 0 aliphatic heterocycles. The second kappa shape index (κ2) is 13.9. The Balaban J connectivity index is 1.82. The maximum Gasteiger partial charge on any atom is 0.273 e. The van der Waals surface area contributed by atoms with Gasteiger partial charge in [0.05, 0.1) is 35.0 Å². The number of hydrogen-bond acceptors (Lipinski definition) is 8. The van der Waals surface area contributed by atoms with E-state index in [9.17, 15) is 4.79 Å². The van der Waals surface area contributed by atoms with E-state index in [4.69, 9.17) is 18.9 Å². The molecule has 200 valence electrons. The van der Waals surface area contributed by atoms with Crippen LogP contribution in [0.25, 0.3) is 0 Å². The van der Waals surface area contributed by atoms with Gasteiger partial charge in [-0.05, 0) is 44.0 Å². The Bertz CT molecular complexity index is 1160. The molecule has 0 spiro atoms. The van der Waals surface area contributed by atoms with E-state index in [1.165, 1.54) is 11.3 Å². The number of thiazole rings is 1. The van der Waals surface area contributed by atoms with Crippen LogP contribution in [0.2, 0.25) is 0 Å². The fourth-order valence-corrected chi connectivity index (χ4v) is 4.92. The standard InChI is InChI=1S/C28H37N3O5S/c1-7-31(8-2)28(32)23-19-37-27(29-23)18-30(17-21-10-11-22(33-3)16-25(21)35-5)14-13-20-9-12-24(34-4)26(15-20)36-6/h9-12,15-16,19H,7-8,13-14,17-18H2,1-6H3. The number of hydrogen-bond donors (Lipinski definition) is 0. The number of aromatic nitrogens is 1. The maximum absolute atomic E-state index is 12.8. The molecule has 0 saturated carbocycles. The fourth-order valence-electron chi connectivity index (χ4n) is 4.11. The summed E-state index contributed by atoms with van der Waals surface area (Å²) >= 11 is 1.52. The molecular weight excluding hydrogens is 490 g/mol. The van der Waals surface area contributed by atoms with Crippen molar-refractivity contribution in [1.29, 1.82) is 0 Å². The zero-order valence-electron chi connectivity index (χ0n) is 22.6. The van der Waals surface area contributed by atoms with Gasteiger partial charge in [-0.25, -0.2) is 4.98 Å². The summed E-state index contributed by atoms with van der Waals surface area (Å²) in [6.45, 7) is 7.31. The van der Waals surface area contributed by atoms with Crippen molar-refractivity contribution >= 4 is 17.2 Å². The topological polar surface area (TPSA) is 73.4 Å². The number of rotatable bonds is 14. The minimum Gasteiger partial charge on any atom is -0.497 e. The van der Waals surface area contributed by atoms with E-state index >= 15 is 0 Å². The van der Waals surface area contributed by atoms with Crippen molar-refractivity contribution in [3.63, 3.8) is 0 Å². The van der Waals surface area contributed by atoms with E-state index in [0.717, 1.165) is 40.6 Å². The number of nitrogens with zero attached hydrogens (tertiary/aromatic N) is 3. The lowest BCUT2D eigenvalue weighted by molar-refractivity contribution is 0.0767. The molecule has 0 bridgehead atoms. The fraction of sp³-hybridized carbons (Fsp3) is 0.429. The van der Waals surface area contributed by atoms with Crippen LogP contribution in [-0.2, 0) is 19.5 Å². The third-order valence-corrected chi connectivity index (χ3v) is 7.07. The van der Waals surface area contributed by atoms with Gasteiger partial charge in [0.2, 0.25) is 0 Å². The van der Waals surface area contributed by atoms with Gasteiger partial charge in [-0.3, -0.25) is 9.69 Å². The van der Waals surface area contributed by atoms with E-state index in [1.807, 2.05) is 49.6 Å². The van der Waals surface area contributed by atoms with Crippen molar-refractivity contribution in [2.45, 2.75) is 33.4 Å². The Hall–Kier alpha value is -3.30. The van der Waals surface area contributed by atoms with Gasteiger partial charge in [-0.1, -0.05) is 12.1 Å². The SMILES string of the molecule is CCN(CC)C(=O)c1csc(CN(CCc2ccc(OC)c(OC)c2)Cc2ccc(OC)cc2OC)n1. The lowest BCUT2D eigenvalue weighted by Gasteiger charge is -2.23. The van der Waals surface area contributed by atoms with E-state index in [-0.39, 0.29) is 5.91 Å². The van der Waals surface area contributed by atoms with Crippen molar-refractivity contribution in [2.75, 3.05) is 48.1 Å². The highest BCUT2D eigenvalue weighted by Crippen LogP contribution is 2.29. The van der Waals surface area contributed by atoms with Crippen LogP contribution in [-0.4, -0.2) is 68.8 Å². The molecule has 0 fully saturated rings. The zero-order chi connectivity index (χ0) is 26.8. The molecule has 3 rings (SSSR count). The molecule has 0 aliphatic rings. The second-order valence-corrected chi connectivity index (χ2v) is 9.37. The molecule has 0 N–H and O–H groups in total. The molecule has 0 aliphatic carbocycles. The van der Waals surface area contributed by atoms with Crippen molar-refractivity contribution < 1.29 is 23.7 Å². The molecule has 0 unspecified atom stereocenters. The summed E-state index contributed by atoms with van der Waals surface area (Å²) in [6.07, 6.45) is 0.801. The monoisotopic (exact) mass is 527 g/mol. The van der Waals surface area contributed by atoms with Gasteiger partial charge in [0.1, 0.15) is 22.2 Å². The zero-order valence-corrected chi connectivity index (χ0v) is 23.4. The minimum absolute atomic E-state index is 0.0267. The van der Waals surface area contributed by atoms with E-state index in [0.29, 0.717) is 43.4 Å². The Morgan fingerprint density at radius 3 is 2.24 bits per heavy atom. The lowest BCUT2D eigenvalue weighted by atomic mass is 10.1. The molecule has 37 heavy (non-hydrogen) atoms. The highest BCUT2D eigenvalue weighted by Gasteiger charge is 2.19. The van der Waals surface area contributed by atoms with Crippen molar-refractivity contribution in [1.82, 2.24) is 14.8 Å².